The fraction of sp³-hybridized carbons (Fsp3) is 0.263. The van der Waals surface area contributed by atoms with Gasteiger partial charge in [0.1, 0.15) is 5.01 Å². The van der Waals surface area contributed by atoms with Gasteiger partial charge in [0.25, 0.3) is 0 Å². The maximum absolute atomic E-state index is 12.0. The molecule has 3 aromatic rings. The maximum atomic E-state index is 12.0. The molecule has 0 radical (unpaired) electrons. The van der Waals surface area contributed by atoms with Gasteiger partial charge in [-0.25, -0.2) is 4.98 Å². The largest absolute Gasteiger partial charge is 0.350 e. The van der Waals surface area contributed by atoms with Gasteiger partial charge in [0.05, 0.1) is 16.8 Å². The molecular weight excluding hydrogens is 304 g/mol. The number of nitrogens with zero attached hydrogens (tertiary/aromatic N) is 1. The Bertz CT molecular complexity index is 805. The van der Waals surface area contributed by atoms with Gasteiger partial charge in [-0.3, -0.25) is 4.79 Å². The van der Waals surface area contributed by atoms with Gasteiger partial charge >= 0.3 is 0 Å². The standard InChI is InChI=1S/C19H20N2OS/c1-13-7-8-15(14(2)11-13)9-10-18(22)20-12-19-21-16-5-3-4-6-17(16)23-19/h3-8,11H,9-10,12H2,1-2H3,(H,20,22). The summed E-state index contributed by atoms with van der Waals surface area (Å²) in [5.41, 5.74) is 4.75. The van der Waals surface area contributed by atoms with Crippen LogP contribution in [0, 0.1) is 13.8 Å². The van der Waals surface area contributed by atoms with Crippen LogP contribution in [0.4, 0.5) is 0 Å². The van der Waals surface area contributed by atoms with Crippen molar-refractivity contribution < 1.29 is 4.79 Å². The monoisotopic (exact) mass is 324 g/mol. The Morgan fingerprint density at radius 2 is 2.00 bits per heavy atom. The highest BCUT2D eigenvalue weighted by atomic mass is 32.1. The molecule has 0 fully saturated rings. The summed E-state index contributed by atoms with van der Waals surface area (Å²) in [5, 5.41) is 3.92. The van der Waals surface area contributed by atoms with E-state index < -0.39 is 0 Å². The molecule has 0 unspecified atom stereocenters. The summed E-state index contributed by atoms with van der Waals surface area (Å²) in [6.07, 6.45) is 1.28. The van der Waals surface area contributed by atoms with Crippen LogP contribution in [0.1, 0.15) is 28.1 Å². The van der Waals surface area contributed by atoms with E-state index >= 15 is 0 Å². The van der Waals surface area contributed by atoms with Crippen molar-refractivity contribution in [3.05, 3.63) is 64.2 Å². The van der Waals surface area contributed by atoms with Crippen LogP contribution in [0.25, 0.3) is 10.2 Å². The number of benzene rings is 2. The molecule has 4 heteroatoms. The van der Waals surface area contributed by atoms with Gasteiger partial charge in [-0.2, -0.15) is 0 Å². The minimum atomic E-state index is 0.0734. The van der Waals surface area contributed by atoms with Gasteiger partial charge < -0.3 is 5.32 Å². The molecule has 0 aliphatic rings. The van der Waals surface area contributed by atoms with Gasteiger partial charge in [0.2, 0.25) is 5.91 Å². The molecule has 1 heterocycles. The van der Waals surface area contributed by atoms with E-state index in [9.17, 15) is 4.79 Å². The summed E-state index contributed by atoms with van der Waals surface area (Å²) >= 11 is 1.63. The second kappa shape index (κ2) is 6.92. The number of fused-ring (bicyclic) bond motifs is 1. The maximum Gasteiger partial charge on any atom is 0.220 e. The van der Waals surface area contributed by atoms with Gasteiger partial charge in [-0.05, 0) is 43.5 Å². The molecule has 1 amide bonds. The number of para-hydroxylation sites is 1. The minimum absolute atomic E-state index is 0.0734. The summed E-state index contributed by atoms with van der Waals surface area (Å²) in [7, 11) is 0. The van der Waals surface area contributed by atoms with E-state index in [-0.39, 0.29) is 5.91 Å². The first-order valence-corrected chi connectivity index (χ1v) is 8.61. The molecule has 2 aromatic carbocycles. The van der Waals surface area contributed by atoms with Crippen molar-refractivity contribution in [2.75, 3.05) is 0 Å². The minimum Gasteiger partial charge on any atom is -0.350 e. The van der Waals surface area contributed by atoms with Crippen LogP contribution in [0.5, 0.6) is 0 Å². The van der Waals surface area contributed by atoms with E-state index in [0.717, 1.165) is 21.6 Å². The van der Waals surface area contributed by atoms with E-state index in [0.29, 0.717) is 13.0 Å². The Balaban J connectivity index is 1.53. The van der Waals surface area contributed by atoms with Crippen LogP contribution < -0.4 is 5.32 Å². The Labute approximate surface area is 140 Å². The van der Waals surface area contributed by atoms with Crippen LogP contribution in [0.2, 0.25) is 0 Å². The summed E-state index contributed by atoms with van der Waals surface area (Å²) in [5.74, 6) is 0.0734. The predicted octanol–water partition coefficient (Wildman–Crippen LogP) is 4.16. The lowest BCUT2D eigenvalue weighted by Gasteiger charge is -2.07. The van der Waals surface area contributed by atoms with Gasteiger partial charge in [0.15, 0.2) is 0 Å². The van der Waals surface area contributed by atoms with Crippen LogP contribution in [-0.2, 0) is 17.8 Å². The molecule has 3 rings (SSSR count). The van der Waals surface area contributed by atoms with Crippen molar-refractivity contribution in [3.63, 3.8) is 0 Å². The molecule has 118 valence electrons. The molecule has 23 heavy (non-hydrogen) atoms. The number of aryl methyl sites for hydroxylation is 3. The number of aromatic nitrogens is 1. The Morgan fingerprint density at radius 3 is 2.78 bits per heavy atom. The molecule has 1 N–H and O–H groups in total. The molecule has 0 bridgehead atoms. The fourth-order valence-corrected chi connectivity index (χ4v) is 3.54. The second-order valence-corrected chi connectivity index (χ2v) is 6.90. The topological polar surface area (TPSA) is 42.0 Å². The molecule has 0 atom stereocenters. The number of carbonyl (C=O) groups is 1. The van der Waals surface area contributed by atoms with E-state index in [1.807, 2.05) is 18.2 Å². The lowest BCUT2D eigenvalue weighted by atomic mass is 10.0. The number of nitrogens with one attached hydrogen (secondary N) is 1. The van der Waals surface area contributed by atoms with Gasteiger partial charge in [0, 0.05) is 6.42 Å². The number of thiazole rings is 1. The SMILES string of the molecule is Cc1ccc(CCC(=O)NCc2nc3ccccc3s2)c(C)c1. The molecule has 0 saturated heterocycles. The lowest BCUT2D eigenvalue weighted by Crippen LogP contribution is -2.23. The van der Waals surface area contributed by atoms with Crippen molar-refractivity contribution >= 4 is 27.5 Å². The van der Waals surface area contributed by atoms with Crippen molar-refractivity contribution in [2.24, 2.45) is 0 Å². The van der Waals surface area contributed by atoms with Gasteiger partial charge in [-0.15, -0.1) is 11.3 Å². The lowest BCUT2D eigenvalue weighted by molar-refractivity contribution is -0.121. The number of rotatable bonds is 5. The first-order valence-electron chi connectivity index (χ1n) is 7.79. The number of hydrogen-bond acceptors (Lipinski definition) is 3. The molecular formula is C19H20N2OS. The molecule has 3 nitrogen and oxygen atoms in total. The Kier molecular flexibility index (Phi) is 4.72. The van der Waals surface area contributed by atoms with E-state index in [2.05, 4.69) is 48.4 Å². The van der Waals surface area contributed by atoms with Crippen LogP contribution >= 0.6 is 11.3 Å². The van der Waals surface area contributed by atoms with E-state index in [1.54, 1.807) is 11.3 Å². The third-order valence-corrected chi connectivity index (χ3v) is 4.93. The first-order chi connectivity index (χ1) is 11.1. The predicted molar refractivity (Wildman–Crippen MR) is 95.7 cm³/mol. The van der Waals surface area contributed by atoms with E-state index in [1.165, 1.54) is 16.7 Å². The van der Waals surface area contributed by atoms with Crippen molar-refractivity contribution in [2.45, 2.75) is 33.2 Å². The third-order valence-electron chi connectivity index (χ3n) is 3.89. The Hall–Kier alpha value is -2.20. The van der Waals surface area contributed by atoms with Crippen LogP contribution in [0.3, 0.4) is 0 Å². The number of carbonyl (C=O) groups excluding carboxylic acids is 1. The zero-order valence-corrected chi connectivity index (χ0v) is 14.2. The number of hydrogen-bond donors (Lipinski definition) is 1. The summed E-state index contributed by atoms with van der Waals surface area (Å²) in [4.78, 5) is 16.6. The third kappa shape index (κ3) is 3.96. The number of amides is 1. The average Bonchev–Trinajstić information content (AvgIpc) is 2.95. The van der Waals surface area contributed by atoms with E-state index in [4.69, 9.17) is 0 Å². The first kappa shape index (κ1) is 15.7. The van der Waals surface area contributed by atoms with Crippen LogP contribution in [0.15, 0.2) is 42.5 Å². The molecule has 1 aromatic heterocycles. The fourth-order valence-electron chi connectivity index (χ4n) is 2.63. The van der Waals surface area contributed by atoms with Gasteiger partial charge in [-0.1, -0.05) is 35.9 Å². The smallest absolute Gasteiger partial charge is 0.220 e. The van der Waals surface area contributed by atoms with Crippen molar-refractivity contribution in [1.29, 1.82) is 0 Å². The van der Waals surface area contributed by atoms with Crippen LogP contribution in [-0.4, -0.2) is 10.9 Å². The van der Waals surface area contributed by atoms with Crippen molar-refractivity contribution in [1.82, 2.24) is 10.3 Å². The molecule has 0 spiro atoms. The quantitative estimate of drug-likeness (QED) is 0.765. The molecule has 0 aliphatic heterocycles. The second-order valence-electron chi connectivity index (χ2n) is 5.78. The summed E-state index contributed by atoms with van der Waals surface area (Å²) in [6, 6.07) is 14.4. The highest BCUT2D eigenvalue weighted by Crippen LogP contribution is 2.21. The van der Waals surface area contributed by atoms with Crippen molar-refractivity contribution in [3.8, 4) is 0 Å². The molecule has 0 saturated carbocycles. The average molecular weight is 324 g/mol. The summed E-state index contributed by atoms with van der Waals surface area (Å²) in [6.45, 7) is 4.69. The molecule has 0 aliphatic carbocycles. The highest BCUT2D eigenvalue weighted by molar-refractivity contribution is 7.18. The summed E-state index contributed by atoms with van der Waals surface area (Å²) < 4.78 is 1.16. The highest BCUT2D eigenvalue weighted by Gasteiger charge is 2.07. The normalized spacial score (nSPS) is 10.9. The Morgan fingerprint density at radius 1 is 1.17 bits per heavy atom. The zero-order chi connectivity index (χ0) is 16.2. The zero-order valence-electron chi connectivity index (χ0n) is 13.4.